The van der Waals surface area contributed by atoms with Crippen LogP contribution in [0.25, 0.3) is 0 Å². The smallest absolute Gasteiger partial charge is 0.227 e. The lowest BCUT2D eigenvalue weighted by Gasteiger charge is -2.16. The highest BCUT2D eigenvalue weighted by Crippen LogP contribution is 2.20. The van der Waals surface area contributed by atoms with Crippen molar-refractivity contribution in [3.8, 4) is 0 Å². The Labute approximate surface area is 126 Å². The molecule has 3 N–H and O–H groups in total. The van der Waals surface area contributed by atoms with Gasteiger partial charge in [0.2, 0.25) is 5.91 Å². The first kappa shape index (κ1) is 15.1. The third-order valence-electron chi connectivity index (χ3n) is 3.87. The van der Waals surface area contributed by atoms with Crippen LogP contribution in [0.15, 0.2) is 48.5 Å². The first-order valence-electron chi connectivity index (χ1n) is 7.30. The van der Waals surface area contributed by atoms with Gasteiger partial charge in [-0.1, -0.05) is 49.4 Å². The van der Waals surface area contributed by atoms with Crippen LogP contribution in [0.1, 0.15) is 36.0 Å². The molecule has 3 nitrogen and oxygen atoms in total. The Hall–Kier alpha value is -2.29. The molecular weight excluding hydrogens is 260 g/mol. The molecule has 2 aromatic carbocycles. The van der Waals surface area contributed by atoms with Crippen molar-refractivity contribution in [3.63, 3.8) is 0 Å². The fourth-order valence-electron chi connectivity index (χ4n) is 2.46. The van der Waals surface area contributed by atoms with Crippen molar-refractivity contribution >= 4 is 11.6 Å². The molecule has 0 aliphatic carbocycles. The van der Waals surface area contributed by atoms with E-state index in [1.54, 1.807) is 0 Å². The summed E-state index contributed by atoms with van der Waals surface area (Å²) in [4.78, 5) is 12.4. The number of carbonyl (C=O) groups excluding carboxylic acids is 1. The van der Waals surface area contributed by atoms with Crippen LogP contribution >= 0.6 is 0 Å². The summed E-state index contributed by atoms with van der Waals surface area (Å²) in [7, 11) is 0. The summed E-state index contributed by atoms with van der Waals surface area (Å²) in [6, 6.07) is 15.7. The van der Waals surface area contributed by atoms with E-state index < -0.39 is 0 Å². The van der Waals surface area contributed by atoms with E-state index in [-0.39, 0.29) is 11.8 Å². The summed E-state index contributed by atoms with van der Waals surface area (Å²) in [5, 5.41) is 3.02. The van der Waals surface area contributed by atoms with Gasteiger partial charge in [-0.05, 0) is 36.1 Å². The Morgan fingerprint density at radius 3 is 2.52 bits per heavy atom. The van der Waals surface area contributed by atoms with Gasteiger partial charge in [0, 0.05) is 12.2 Å². The Kier molecular flexibility index (Phi) is 4.99. The van der Waals surface area contributed by atoms with Gasteiger partial charge in [-0.2, -0.15) is 0 Å². The molecule has 1 amide bonds. The Bertz CT molecular complexity index is 608. The number of anilines is 1. The molecule has 1 unspecified atom stereocenters. The number of hydrogen-bond acceptors (Lipinski definition) is 2. The van der Waals surface area contributed by atoms with Gasteiger partial charge in [0.25, 0.3) is 0 Å². The average molecular weight is 282 g/mol. The van der Waals surface area contributed by atoms with Gasteiger partial charge < -0.3 is 11.1 Å². The summed E-state index contributed by atoms with van der Waals surface area (Å²) in [6.07, 6.45) is 0.783. The topological polar surface area (TPSA) is 55.1 Å². The molecule has 110 valence electrons. The van der Waals surface area contributed by atoms with E-state index >= 15 is 0 Å². The molecule has 21 heavy (non-hydrogen) atoms. The van der Waals surface area contributed by atoms with Gasteiger partial charge in [0.15, 0.2) is 0 Å². The van der Waals surface area contributed by atoms with E-state index in [9.17, 15) is 4.79 Å². The molecule has 0 saturated carbocycles. The van der Waals surface area contributed by atoms with Crippen molar-refractivity contribution in [1.29, 1.82) is 0 Å². The predicted molar refractivity (Wildman–Crippen MR) is 86.9 cm³/mol. The number of nitrogens with one attached hydrogen (secondary N) is 1. The lowest BCUT2D eigenvalue weighted by molar-refractivity contribution is -0.122. The van der Waals surface area contributed by atoms with Crippen molar-refractivity contribution in [2.75, 3.05) is 5.73 Å². The predicted octanol–water partition coefficient (Wildman–Crippen LogP) is 3.39. The Morgan fingerprint density at radius 2 is 1.86 bits per heavy atom. The van der Waals surface area contributed by atoms with Gasteiger partial charge in [-0.3, -0.25) is 4.79 Å². The summed E-state index contributed by atoms with van der Waals surface area (Å²) in [6.45, 7) is 4.52. The van der Waals surface area contributed by atoms with Crippen LogP contribution in [-0.4, -0.2) is 5.91 Å². The molecule has 0 heterocycles. The molecular formula is C18H22N2O. The van der Waals surface area contributed by atoms with Crippen LogP contribution < -0.4 is 11.1 Å². The van der Waals surface area contributed by atoms with Crippen LogP contribution in [0.5, 0.6) is 0 Å². The lowest BCUT2D eigenvalue weighted by atomic mass is 9.95. The molecule has 3 heteroatoms. The molecule has 1 atom stereocenters. The van der Waals surface area contributed by atoms with E-state index in [1.165, 1.54) is 0 Å². The quantitative estimate of drug-likeness (QED) is 0.826. The highest BCUT2D eigenvalue weighted by Gasteiger charge is 2.18. The van der Waals surface area contributed by atoms with Crippen molar-refractivity contribution < 1.29 is 4.79 Å². The van der Waals surface area contributed by atoms with Crippen LogP contribution in [0.2, 0.25) is 0 Å². The van der Waals surface area contributed by atoms with Crippen molar-refractivity contribution in [2.45, 2.75) is 32.7 Å². The van der Waals surface area contributed by atoms with E-state index in [4.69, 9.17) is 5.73 Å². The fraction of sp³-hybridized carbons (Fsp3) is 0.278. The molecule has 0 bridgehead atoms. The highest BCUT2D eigenvalue weighted by molar-refractivity contribution is 5.83. The van der Waals surface area contributed by atoms with Gasteiger partial charge >= 0.3 is 0 Å². The van der Waals surface area contributed by atoms with Gasteiger partial charge in [-0.25, -0.2) is 0 Å². The standard InChI is InChI=1S/C18H22N2O/c1-3-16(14-8-5-4-6-9-14)18(21)20-12-15-10-7-11-17(19)13(15)2/h4-11,16H,3,12,19H2,1-2H3,(H,20,21). The van der Waals surface area contributed by atoms with Crippen LogP contribution in [0.3, 0.4) is 0 Å². The van der Waals surface area contributed by atoms with Crippen LogP contribution in [0.4, 0.5) is 5.69 Å². The Balaban J connectivity index is 2.05. The maximum atomic E-state index is 12.4. The molecule has 0 aliphatic heterocycles. The van der Waals surface area contributed by atoms with Crippen LogP contribution in [-0.2, 0) is 11.3 Å². The number of nitrogen functional groups attached to an aromatic ring is 1. The number of benzene rings is 2. The molecule has 0 fully saturated rings. The molecule has 0 aliphatic rings. The van der Waals surface area contributed by atoms with E-state index in [0.717, 1.165) is 28.8 Å². The zero-order valence-electron chi connectivity index (χ0n) is 12.6. The van der Waals surface area contributed by atoms with E-state index in [2.05, 4.69) is 5.32 Å². The summed E-state index contributed by atoms with van der Waals surface area (Å²) in [5.74, 6) is -0.0434. The second-order valence-corrected chi connectivity index (χ2v) is 5.22. The molecule has 2 rings (SSSR count). The maximum Gasteiger partial charge on any atom is 0.227 e. The van der Waals surface area contributed by atoms with Gasteiger partial charge in [0.1, 0.15) is 0 Å². The Morgan fingerprint density at radius 1 is 1.14 bits per heavy atom. The first-order chi connectivity index (χ1) is 10.1. The number of nitrogens with two attached hydrogens (primary N) is 1. The normalized spacial score (nSPS) is 11.9. The summed E-state index contributed by atoms with van der Waals surface area (Å²) >= 11 is 0. The number of rotatable bonds is 5. The minimum absolute atomic E-state index is 0.0607. The molecule has 0 radical (unpaired) electrons. The highest BCUT2D eigenvalue weighted by atomic mass is 16.1. The molecule has 0 spiro atoms. The van der Waals surface area contributed by atoms with Gasteiger partial charge in [-0.15, -0.1) is 0 Å². The van der Waals surface area contributed by atoms with E-state index in [0.29, 0.717) is 6.54 Å². The van der Waals surface area contributed by atoms with Gasteiger partial charge in [0.05, 0.1) is 5.92 Å². The zero-order chi connectivity index (χ0) is 15.2. The van der Waals surface area contributed by atoms with Crippen molar-refractivity contribution in [1.82, 2.24) is 5.32 Å². The third kappa shape index (κ3) is 3.63. The lowest BCUT2D eigenvalue weighted by Crippen LogP contribution is -2.29. The number of hydrogen-bond donors (Lipinski definition) is 2. The maximum absolute atomic E-state index is 12.4. The second-order valence-electron chi connectivity index (χ2n) is 5.22. The average Bonchev–Trinajstić information content (AvgIpc) is 2.50. The fourth-order valence-corrected chi connectivity index (χ4v) is 2.46. The third-order valence-corrected chi connectivity index (χ3v) is 3.87. The van der Waals surface area contributed by atoms with Crippen LogP contribution in [0, 0.1) is 6.92 Å². The first-order valence-corrected chi connectivity index (χ1v) is 7.30. The second kappa shape index (κ2) is 6.93. The zero-order valence-corrected chi connectivity index (χ0v) is 12.6. The number of amides is 1. The molecule has 0 saturated heterocycles. The van der Waals surface area contributed by atoms with Crippen molar-refractivity contribution in [3.05, 3.63) is 65.2 Å². The van der Waals surface area contributed by atoms with Crippen molar-refractivity contribution in [2.24, 2.45) is 0 Å². The summed E-state index contributed by atoms with van der Waals surface area (Å²) < 4.78 is 0. The minimum Gasteiger partial charge on any atom is -0.399 e. The monoisotopic (exact) mass is 282 g/mol. The summed E-state index contributed by atoms with van der Waals surface area (Å²) in [5.41, 5.74) is 9.80. The molecule has 2 aromatic rings. The molecule has 0 aromatic heterocycles. The van der Waals surface area contributed by atoms with E-state index in [1.807, 2.05) is 62.4 Å². The SMILES string of the molecule is CCC(C(=O)NCc1cccc(N)c1C)c1ccccc1. The number of carbonyl (C=O) groups is 1. The minimum atomic E-state index is -0.104. The largest absolute Gasteiger partial charge is 0.399 e.